The van der Waals surface area contributed by atoms with Gasteiger partial charge in [0.25, 0.3) is 5.91 Å². The average molecular weight is 759 g/mol. The average Bonchev–Trinajstić information content (AvgIpc) is 3.09. The van der Waals surface area contributed by atoms with E-state index in [1.165, 1.54) is 47.4 Å². The number of carboxylic acid groups (broad SMARTS) is 1. The third-order valence-electron chi connectivity index (χ3n) is 8.39. The predicted octanol–water partition coefficient (Wildman–Crippen LogP) is 9.43. The maximum atomic E-state index is 14.2. The van der Waals surface area contributed by atoms with Crippen LogP contribution in [0.25, 0.3) is 11.1 Å². The molecule has 0 saturated carbocycles. The van der Waals surface area contributed by atoms with Gasteiger partial charge in [-0.2, -0.15) is 13.2 Å². The van der Waals surface area contributed by atoms with Crippen molar-refractivity contribution in [1.82, 2.24) is 9.80 Å². The van der Waals surface area contributed by atoms with Crippen LogP contribution in [-0.2, 0) is 35.2 Å². The van der Waals surface area contributed by atoms with E-state index in [-0.39, 0.29) is 37.6 Å². The number of ether oxygens (including phenoxy) is 3. The van der Waals surface area contributed by atoms with Crippen molar-refractivity contribution in [2.45, 2.75) is 64.4 Å². The Morgan fingerprint density at radius 1 is 0.796 bits per heavy atom. The van der Waals surface area contributed by atoms with Gasteiger partial charge in [-0.25, -0.2) is 14.5 Å². The molecule has 0 unspecified atom stereocenters. The van der Waals surface area contributed by atoms with Gasteiger partial charge in [-0.15, -0.1) is 13.2 Å². The van der Waals surface area contributed by atoms with Gasteiger partial charge in [0, 0.05) is 13.1 Å². The number of rotatable bonds is 9. The highest BCUT2D eigenvalue weighted by Crippen LogP contribution is 2.36. The Balaban J connectivity index is 1.36. The van der Waals surface area contributed by atoms with Gasteiger partial charge in [0.2, 0.25) is 0 Å². The highest BCUT2D eigenvalue weighted by atomic mass is 19.4. The Morgan fingerprint density at radius 3 is 1.93 bits per heavy atom. The van der Waals surface area contributed by atoms with Gasteiger partial charge in [0.1, 0.15) is 29.7 Å². The van der Waals surface area contributed by atoms with E-state index in [4.69, 9.17) is 9.47 Å². The minimum absolute atomic E-state index is 0.0440. The fourth-order valence-electron chi connectivity index (χ4n) is 5.82. The van der Waals surface area contributed by atoms with Crippen molar-refractivity contribution >= 4 is 18.1 Å². The molecule has 0 saturated heterocycles. The van der Waals surface area contributed by atoms with Gasteiger partial charge >= 0.3 is 24.7 Å². The van der Waals surface area contributed by atoms with Crippen LogP contribution in [0.5, 0.6) is 11.5 Å². The number of nitrogens with zero attached hydrogens (tertiary/aromatic N) is 2. The minimum Gasteiger partial charge on any atom is -0.489 e. The molecule has 3 amide bonds. The molecule has 0 aromatic heterocycles. The number of hydrogen-bond donors (Lipinski definition) is 1. The molecule has 1 atom stereocenters. The molecule has 54 heavy (non-hydrogen) atoms. The number of carbonyl (C=O) groups is 3. The summed E-state index contributed by atoms with van der Waals surface area (Å²) >= 11 is 0. The van der Waals surface area contributed by atoms with E-state index in [9.17, 15) is 45.8 Å². The quantitative estimate of drug-likeness (QED) is 0.170. The van der Waals surface area contributed by atoms with Crippen molar-refractivity contribution in [3.05, 3.63) is 119 Å². The zero-order valence-corrected chi connectivity index (χ0v) is 29.3. The number of carbonyl (C=O) groups excluding carboxylic acids is 2. The lowest BCUT2D eigenvalue weighted by Crippen LogP contribution is -2.51. The van der Waals surface area contributed by atoms with Crippen LogP contribution in [0.3, 0.4) is 0 Å². The van der Waals surface area contributed by atoms with Gasteiger partial charge in [-0.05, 0) is 103 Å². The highest BCUT2D eigenvalue weighted by Gasteiger charge is 2.42. The molecule has 1 heterocycles. The molecular formula is C39H36F6N2O7. The fourth-order valence-corrected chi connectivity index (χ4v) is 5.82. The first kappa shape index (κ1) is 39.5. The van der Waals surface area contributed by atoms with Crippen molar-refractivity contribution in [1.29, 1.82) is 0 Å². The van der Waals surface area contributed by atoms with Gasteiger partial charge in [-0.3, -0.25) is 9.69 Å². The van der Waals surface area contributed by atoms with E-state index in [1.54, 1.807) is 57.2 Å². The Labute approximate surface area is 306 Å². The maximum absolute atomic E-state index is 14.2. The zero-order valence-electron chi connectivity index (χ0n) is 29.3. The van der Waals surface area contributed by atoms with Crippen molar-refractivity contribution in [3.8, 4) is 22.6 Å². The van der Waals surface area contributed by atoms with Crippen molar-refractivity contribution < 1.29 is 60.0 Å². The predicted molar refractivity (Wildman–Crippen MR) is 184 cm³/mol. The second kappa shape index (κ2) is 15.7. The number of imide groups is 1. The van der Waals surface area contributed by atoms with Gasteiger partial charge < -0.3 is 19.3 Å². The molecule has 0 spiro atoms. The van der Waals surface area contributed by atoms with Crippen LogP contribution < -0.4 is 9.47 Å². The first-order valence-electron chi connectivity index (χ1n) is 16.7. The molecule has 9 nitrogen and oxygen atoms in total. The van der Waals surface area contributed by atoms with Gasteiger partial charge in [0.05, 0.1) is 5.56 Å². The number of fused-ring (bicyclic) bond motifs is 1. The molecule has 0 radical (unpaired) electrons. The van der Waals surface area contributed by atoms with E-state index in [1.807, 2.05) is 0 Å². The van der Waals surface area contributed by atoms with Gasteiger partial charge in [0.15, 0.2) is 0 Å². The Kier molecular flexibility index (Phi) is 11.5. The van der Waals surface area contributed by atoms with Crippen LogP contribution in [0.4, 0.5) is 35.9 Å². The Morgan fingerprint density at radius 2 is 1.37 bits per heavy atom. The minimum atomic E-state index is -4.82. The first-order chi connectivity index (χ1) is 25.3. The molecule has 4 aromatic carbocycles. The summed E-state index contributed by atoms with van der Waals surface area (Å²) < 4.78 is 91.9. The molecule has 0 fully saturated rings. The van der Waals surface area contributed by atoms with Crippen molar-refractivity contribution in [2.75, 3.05) is 13.1 Å². The molecule has 1 aliphatic heterocycles. The molecule has 15 heteroatoms. The van der Waals surface area contributed by atoms with Crippen LogP contribution in [0.1, 0.15) is 54.6 Å². The summed E-state index contributed by atoms with van der Waals surface area (Å²) in [6.45, 7) is 4.61. The third-order valence-corrected chi connectivity index (χ3v) is 8.39. The fraction of sp³-hybridized carbons (Fsp3) is 0.308. The smallest absolute Gasteiger partial charge is 0.489 e. The van der Waals surface area contributed by atoms with Crippen LogP contribution >= 0.6 is 0 Å². The number of alkyl halides is 6. The van der Waals surface area contributed by atoms with E-state index in [2.05, 4.69) is 4.74 Å². The molecule has 0 aliphatic carbocycles. The molecule has 4 aromatic rings. The van der Waals surface area contributed by atoms with E-state index >= 15 is 0 Å². The molecule has 286 valence electrons. The molecule has 0 bridgehead atoms. The Hall–Kier alpha value is -5.73. The lowest BCUT2D eigenvalue weighted by molar-refractivity contribution is -0.274. The molecular weight excluding hydrogens is 722 g/mol. The number of halogens is 6. The maximum Gasteiger partial charge on any atom is 0.573 e. The summed E-state index contributed by atoms with van der Waals surface area (Å²) in [7, 11) is 0. The SMILES string of the molecule is CC(C)(C)OC(=O)N1CCc2ccc(OCc3ccc(C(F)(F)F)cc3)cc2[C@H]1C(=O)N(CCc1ccc(-c2ccc(OC(F)(F)F)cc2)cc1)C(=O)O. The van der Waals surface area contributed by atoms with E-state index < -0.39 is 47.8 Å². The van der Waals surface area contributed by atoms with E-state index in [0.717, 1.165) is 12.1 Å². The topological polar surface area (TPSA) is 106 Å². The zero-order chi connectivity index (χ0) is 39.4. The molecule has 5 rings (SSSR count). The summed E-state index contributed by atoms with van der Waals surface area (Å²) in [5.74, 6) is -1.04. The summed E-state index contributed by atoms with van der Waals surface area (Å²) in [5.41, 5.74) is 1.61. The van der Waals surface area contributed by atoms with Crippen LogP contribution in [0.2, 0.25) is 0 Å². The molecule has 1 aliphatic rings. The summed E-state index contributed by atoms with van der Waals surface area (Å²) in [6, 6.07) is 19.9. The monoisotopic (exact) mass is 758 g/mol. The number of benzene rings is 4. The first-order valence-corrected chi connectivity index (χ1v) is 16.7. The second-order valence-corrected chi connectivity index (χ2v) is 13.5. The van der Waals surface area contributed by atoms with Gasteiger partial charge in [-0.1, -0.05) is 54.6 Å². The number of amides is 3. The lowest BCUT2D eigenvalue weighted by atomic mass is 9.91. The summed E-state index contributed by atoms with van der Waals surface area (Å²) in [5, 5.41) is 10.2. The lowest BCUT2D eigenvalue weighted by Gasteiger charge is -2.38. The summed E-state index contributed by atoms with van der Waals surface area (Å²) in [4.78, 5) is 42.1. The third kappa shape index (κ3) is 10.2. The van der Waals surface area contributed by atoms with Crippen LogP contribution in [-0.4, -0.2) is 58.1 Å². The second-order valence-electron chi connectivity index (χ2n) is 13.5. The van der Waals surface area contributed by atoms with Crippen molar-refractivity contribution in [3.63, 3.8) is 0 Å². The van der Waals surface area contributed by atoms with E-state index in [0.29, 0.717) is 44.7 Å². The van der Waals surface area contributed by atoms with Crippen molar-refractivity contribution in [2.24, 2.45) is 0 Å². The van der Waals surface area contributed by atoms with Crippen LogP contribution in [0, 0.1) is 0 Å². The molecule has 1 N–H and O–H groups in total. The van der Waals surface area contributed by atoms with Crippen LogP contribution in [0.15, 0.2) is 91.0 Å². The Bertz CT molecular complexity index is 1960. The normalized spacial score (nSPS) is 14.5. The standard InChI is InChI=1S/C39H36F6N2O7/c1-37(2,3)54-36(51)46-21-19-28-12-17-31(52-23-25-6-13-29(14-7-25)38(40,41)42)22-32(28)33(46)34(48)47(35(49)50)20-18-24-4-8-26(9-5-24)27-10-15-30(16-11-27)53-39(43,44)45/h4-17,22,33H,18-21,23H2,1-3H3,(H,49,50)/t33-/m0/s1. The largest absolute Gasteiger partial charge is 0.573 e. The summed E-state index contributed by atoms with van der Waals surface area (Å²) in [6.07, 6.45) is -11.3. The number of hydrogen-bond acceptors (Lipinski definition) is 6. The highest BCUT2D eigenvalue weighted by molar-refractivity contribution is 5.97.